The SMILES string of the molecule is CCCCCCCCCCc1cc(Sc2cc(CCCCCCCCCC)c(O)c(CCCCCCCCCC)c2)cc(CCCCCCCCCC)c1O. The average Bonchev–Trinajstić information content (AvgIpc) is 3.18. The largest absolute Gasteiger partial charge is 0.507 e. The number of unbranched alkanes of at least 4 members (excludes halogenated alkanes) is 28. The van der Waals surface area contributed by atoms with E-state index in [1.54, 1.807) is 0 Å². The summed E-state index contributed by atoms with van der Waals surface area (Å²) >= 11 is 1.86. The highest BCUT2D eigenvalue weighted by molar-refractivity contribution is 7.99. The number of aromatic hydroxyl groups is 2. The van der Waals surface area contributed by atoms with Gasteiger partial charge in [-0.25, -0.2) is 0 Å². The highest BCUT2D eigenvalue weighted by atomic mass is 32.2. The van der Waals surface area contributed by atoms with Gasteiger partial charge in [0.1, 0.15) is 11.5 Å². The van der Waals surface area contributed by atoms with E-state index >= 15 is 0 Å². The Balaban J connectivity index is 2.18. The fourth-order valence-electron chi connectivity index (χ4n) is 8.27. The van der Waals surface area contributed by atoms with Gasteiger partial charge >= 0.3 is 0 Å². The van der Waals surface area contributed by atoms with Crippen molar-refractivity contribution in [3.8, 4) is 11.5 Å². The molecule has 0 aromatic heterocycles. The Morgan fingerprint density at radius 3 is 0.673 bits per heavy atom. The summed E-state index contributed by atoms with van der Waals surface area (Å²) in [6.45, 7) is 9.16. The standard InChI is InChI=1S/C52H90O2S/c1-5-9-13-17-21-25-29-33-37-45-41-49(42-46(51(45)53)38-34-30-26-22-18-14-10-6-2)55-50-43-47(39-35-31-27-23-19-15-11-7-3)52(54)48(44-50)40-36-32-28-24-20-16-12-8-4/h41-44,53-54H,5-40H2,1-4H3. The van der Waals surface area contributed by atoms with Gasteiger partial charge < -0.3 is 10.2 Å². The quantitative estimate of drug-likeness (QED) is 0.0667. The van der Waals surface area contributed by atoms with E-state index in [1.807, 2.05) is 11.8 Å². The Morgan fingerprint density at radius 2 is 0.473 bits per heavy atom. The zero-order valence-corrected chi connectivity index (χ0v) is 37.9. The first-order valence-electron chi connectivity index (χ1n) is 24.4. The predicted octanol–water partition coefficient (Wildman–Crippen LogP) is 18.0. The Kier molecular flexibility index (Phi) is 31.0. The smallest absolute Gasteiger partial charge is 0.122 e. The normalized spacial score (nSPS) is 11.6. The van der Waals surface area contributed by atoms with Crippen molar-refractivity contribution < 1.29 is 10.2 Å². The number of hydrogen-bond acceptors (Lipinski definition) is 3. The second-order valence-corrected chi connectivity index (χ2v) is 18.3. The molecule has 0 saturated carbocycles. The van der Waals surface area contributed by atoms with E-state index in [2.05, 4.69) is 52.0 Å². The van der Waals surface area contributed by atoms with Gasteiger partial charge in [-0.1, -0.05) is 219 Å². The molecule has 0 amide bonds. The van der Waals surface area contributed by atoms with Gasteiger partial charge in [-0.2, -0.15) is 0 Å². The van der Waals surface area contributed by atoms with E-state index in [9.17, 15) is 10.2 Å². The van der Waals surface area contributed by atoms with E-state index in [4.69, 9.17) is 0 Å². The van der Waals surface area contributed by atoms with Gasteiger partial charge in [-0.3, -0.25) is 0 Å². The molecule has 0 aliphatic heterocycles. The summed E-state index contributed by atoms with van der Waals surface area (Å²) in [5.41, 5.74) is 4.57. The molecule has 0 aliphatic carbocycles. The van der Waals surface area contributed by atoms with Crippen LogP contribution in [0.15, 0.2) is 34.1 Å². The molecule has 0 fully saturated rings. The second kappa shape index (κ2) is 34.4. The van der Waals surface area contributed by atoms with Crippen LogP contribution in [0.2, 0.25) is 0 Å². The molecule has 2 aromatic carbocycles. The van der Waals surface area contributed by atoms with E-state index in [-0.39, 0.29) is 0 Å². The molecule has 0 bridgehead atoms. The monoisotopic (exact) mass is 779 g/mol. The van der Waals surface area contributed by atoms with E-state index in [0.717, 1.165) is 73.6 Å². The summed E-state index contributed by atoms with van der Waals surface area (Å²) in [5.74, 6) is 1.12. The van der Waals surface area contributed by atoms with E-state index < -0.39 is 0 Å². The second-order valence-electron chi connectivity index (χ2n) is 17.2. The molecule has 0 spiro atoms. The summed E-state index contributed by atoms with van der Waals surface area (Å²) in [5, 5.41) is 23.1. The lowest BCUT2D eigenvalue weighted by atomic mass is 9.98. The molecule has 0 heterocycles. The van der Waals surface area contributed by atoms with Crippen molar-refractivity contribution in [3.05, 3.63) is 46.5 Å². The van der Waals surface area contributed by atoms with Gasteiger partial charge in [0.2, 0.25) is 0 Å². The van der Waals surface area contributed by atoms with Crippen molar-refractivity contribution in [1.29, 1.82) is 0 Å². The minimum atomic E-state index is 0.562. The van der Waals surface area contributed by atoms with Gasteiger partial charge in [0.05, 0.1) is 0 Å². The third kappa shape index (κ3) is 24.0. The van der Waals surface area contributed by atoms with E-state index in [0.29, 0.717) is 11.5 Å². The van der Waals surface area contributed by atoms with Gasteiger partial charge in [0.15, 0.2) is 0 Å². The molecule has 0 aliphatic rings. The molecule has 0 atom stereocenters. The molecule has 0 unspecified atom stereocenters. The zero-order valence-electron chi connectivity index (χ0n) is 37.1. The Morgan fingerprint density at radius 1 is 0.291 bits per heavy atom. The highest BCUT2D eigenvalue weighted by Crippen LogP contribution is 2.39. The number of benzene rings is 2. The maximum Gasteiger partial charge on any atom is 0.122 e. The summed E-state index contributed by atoms with van der Waals surface area (Å²) in [6, 6.07) is 9.17. The van der Waals surface area contributed by atoms with Crippen molar-refractivity contribution in [1.82, 2.24) is 0 Å². The van der Waals surface area contributed by atoms with Crippen LogP contribution in [-0.4, -0.2) is 10.2 Å². The lowest BCUT2D eigenvalue weighted by Crippen LogP contribution is -1.97. The molecule has 2 rings (SSSR count). The van der Waals surface area contributed by atoms with Crippen LogP contribution in [-0.2, 0) is 25.7 Å². The van der Waals surface area contributed by atoms with Crippen molar-refractivity contribution in [2.24, 2.45) is 0 Å². The molecule has 316 valence electrons. The molecule has 0 radical (unpaired) electrons. The summed E-state index contributed by atoms with van der Waals surface area (Å²) < 4.78 is 0. The van der Waals surface area contributed by atoms with Crippen molar-refractivity contribution >= 4 is 11.8 Å². The fraction of sp³-hybridized carbons (Fsp3) is 0.769. The summed E-state index contributed by atoms with van der Waals surface area (Å²) in [6.07, 6.45) is 45.7. The van der Waals surface area contributed by atoms with Crippen LogP contribution < -0.4 is 0 Å². The predicted molar refractivity (Wildman–Crippen MR) is 246 cm³/mol. The average molecular weight is 779 g/mol. The highest BCUT2D eigenvalue weighted by Gasteiger charge is 2.15. The van der Waals surface area contributed by atoms with Gasteiger partial charge in [-0.15, -0.1) is 0 Å². The van der Waals surface area contributed by atoms with Crippen LogP contribution in [0.3, 0.4) is 0 Å². The first-order chi connectivity index (χ1) is 27.0. The lowest BCUT2D eigenvalue weighted by Gasteiger charge is -2.16. The van der Waals surface area contributed by atoms with Crippen LogP contribution >= 0.6 is 11.8 Å². The first-order valence-corrected chi connectivity index (χ1v) is 25.2. The summed E-state index contributed by atoms with van der Waals surface area (Å²) in [7, 11) is 0. The third-order valence-electron chi connectivity index (χ3n) is 11.9. The van der Waals surface area contributed by atoms with Crippen molar-refractivity contribution in [2.45, 2.75) is 269 Å². The molecule has 2 nitrogen and oxygen atoms in total. The minimum Gasteiger partial charge on any atom is -0.507 e. The van der Waals surface area contributed by atoms with Gasteiger partial charge in [-0.05, 0) is 97.9 Å². The lowest BCUT2D eigenvalue weighted by molar-refractivity contribution is 0.455. The van der Waals surface area contributed by atoms with Crippen LogP contribution in [0, 0.1) is 0 Å². The van der Waals surface area contributed by atoms with E-state index in [1.165, 1.54) is 190 Å². The number of rotatable bonds is 38. The molecule has 2 aromatic rings. The topological polar surface area (TPSA) is 40.5 Å². The van der Waals surface area contributed by atoms with Crippen molar-refractivity contribution in [3.63, 3.8) is 0 Å². The molecule has 55 heavy (non-hydrogen) atoms. The number of phenolic OH excluding ortho intramolecular Hbond substituents is 2. The molecular formula is C52H90O2S. The molecule has 2 N–H and O–H groups in total. The third-order valence-corrected chi connectivity index (χ3v) is 12.9. The van der Waals surface area contributed by atoms with Gasteiger partial charge in [0, 0.05) is 9.79 Å². The Labute approximate surface area is 347 Å². The number of phenols is 2. The van der Waals surface area contributed by atoms with Crippen LogP contribution in [0.5, 0.6) is 11.5 Å². The van der Waals surface area contributed by atoms with Crippen LogP contribution in [0.25, 0.3) is 0 Å². The summed E-state index contributed by atoms with van der Waals surface area (Å²) in [4.78, 5) is 2.51. The Hall–Kier alpha value is -1.61. The van der Waals surface area contributed by atoms with Crippen molar-refractivity contribution in [2.75, 3.05) is 0 Å². The van der Waals surface area contributed by atoms with Gasteiger partial charge in [0.25, 0.3) is 0 Å². The number of hydrogen-bond donors (Lipinski definition) is 2. The molecule has 3 heteroatoms. The minimum absolute atomic E-state index is 0.562. The maximum atomic E-state index is 11.6. The van der Waals surface area contributed by atoms with Crippen LogP contribution in [0.1, 0.15) is 255 Å². The first kappa shape index (κ1) is 49.5. The molecular weight excluding hydrogens is 689 g/mol. The fourth-order valence-corrected chi connectivity index (χ4v) is 9.35. The number of aryl methyl sites for hydroxylation is 4. The zero-order chi connectivity index (χ0) is 39.6. The van der Waals surface area contributed by atoms with Crippen LogP contribution in [0.4, 0.5) is 0 Å². The molecule has 0 saturated heterocycles. The maximum absolute atomic E-state index is 11.6. The Bertz CT molecular complexity index is 1010.